The fraction of sp³-hybridized carbons (Fsp3) is 0.300. The SMILES string of the molecule is Fc1ccnc(-c2cncn2C2CC2)n1. The second-order valence-electron chi connectivity index (χ2n) is 3.62. The van der Waals surface area contributed by atoms with Gasteiger partial charge in [0.1, 0.15) is 5.69 Å². The highest BCUT2D eigenvalue weighted by Crippen LogP contribution is 2.37. The minimum Gasteiger partial charge on any atom is -0.325 e. The van der Waals surface area contributed by atoms with Crippen molar-refractivity contribution >= 4 is 0 Å². The summed E-state index contributed by atoms with van der Waals surface area (Å²) in [6, 6.07) is 1.73. The first kappa shape index (κ1) is 8.52. The zero-order valence-electron chi connectivity index (χ0n) is 7.97. The Morgan fingerprint density at radius 3 is 3.00 bits per heavy atom. The average molecular weight is 204 g/mol. The quantitative estimate of drug-likeness (QED) is 0.701. The van der Waals surface area contributed by atoms with Crippen molar-refractivity contribution in [2.45, 2.75) is 18.9 Å². The molecule has 4 nitrogen and oxygen atoms in total. The molecule has 15 heavy (non-hydrogen) atoms. The number of rotatable bonds is 2. The van der Waals surface area contributed by atoms with Crippen molar-refractivity contribution in [3.63, 3.8) is 0 Å². The molecular weight excluding hydrogens is 195 g/mol. The maximum absolute atomic E-state index is 12.9. The summed E-state index contributed by atoms with van der Waals surface area (Å²) in [6.07, 6.45) is 7.15. The summed E-state index contributed by atoms with van der Waals surface area (Å²) in [5.74, 6) is -0.108. The molecule has 5 heteroatoms. The number of nitrogens with zero attached hydrogens (tertiary/aromatic N) is 4. The molecule has 2 aromatic rings. The van der Waals surface area contributed by atoms with E-state index in [4.69, 9.17) is 0 Å². The topological polar surface area (TPSA) is 43.6 Å². The number of imidazole rings is 1. The molecule has 0 amide bonds. The second kappa shape index (κ2) is 3.12. The van der Waals surface area contributed by atoms with Crippen molar-refractivity contribution in [2.75, 3.05) is 0 Å². The standard InChI is InChI=1S/C10H9FN4/c11-9-3-4-13-10(14-9)8-5-12-6-15(8)7-1-2-7/h3-7H,1-2H2. The maximum Gasteiger partial charge on any atom is 0.216 e. The first-order chi connectivity index (χ1) is 7.34. The molecule has 1 aliphatic rings. The van der Waals surface area contributed by atoms with E-state index in [0.29, 0.717) is 11.9 Å². The molecule has 0 N–H and O–H groups in total. The molecule has 1 aliphatic carbocycles. The monoisotopic (exact) mass is 204 g/mol. The van der Waals surface area contributed by atoms with E-state index in [9.17, 15) is 4.39 Å². The summed E-state index contributed by atoms with van der Waals surface area (Å²) in [4.78, 5) is 11.8. The molecule has 76 valence electrons. The van der Waals surface area contributed by atoms with Crippen LogP contribution in [0, 0.1) is 5.95 Å². The Morgan fingerprint density at radius 1 is 1.40 bits per heavy atom. The third-order valence-electron chi connectivity index (χ3n) is 2.46. The maximum atomic E-state index is 12.9. The lowest BCUT2D eigenvalue weighted by atomic mass is 10.4. The van der Waals surface area contributed by atoms with Gasteiger partial charge >= 0.3 is 0 Å². The fourth-order valence-corrected chi connectivity index (χ4v) is 1.58. The van der Waals surface area contributed by atoms with Gasteiger partial charge < -0.3 is 4.57 Å². The van der Waals surface area contributed by atoms with E-state index in [2.05, 4.69) is 15.0 Å². The van der Waals surface area contributed by atoms with Crippen molar-refractivity contribution in [1.82, 2.24) is 19.5 Å². The molecule has 2 heterocycles. The van der Waals surface area contributed by atoms with Crippen molar-refractivity contribution in [2.24, 2.45) is 0 Å². The van der Waals surface area contributed by atoms with Crippen molar-refractivity contribution in [3.8, 4) is 11.5 Å². The first-order valence-corrected chi connectivity index (χ1v) is 4.85. The van der Waals surface area contributed by atoms with Crippen LogP contribution in [0.5, 0.6) is 0 Å². The highest BCUT2D eigenvalue weighted by atomic mass is 19.1. The van der Waals surface area contributed by atoms with Crippen LogP contribution < -0.4 is 0 Å². The molecule has 0 atom stereocenters. The molecule has 0 saturated heterocycles. The molecule has 2 aromatic heterocycles. The van der Waals surface area contributed by atoms with E-state index < -0.39 is 5.95 Å². The molecule has 0 unspecified atom stereocenters. The molecule has 0 bridgehead atoms. The van der Waals surface area contributed by atoms with E-state index in [1.54, 1.807) is 12.5 Å². The lowest BCUT2D eigenvalue weighted by Crippen LogP contribution is -1.99. The lowest BCUT2D eigenvalue weighted by molar-refractivity contribution is 0.580. The minimum atomic E-state index is -0.511. The molecule has 1 saturated carbocycles. The van der Waals surface area contributed by atoms with E-state index in [1.807, 2.05) is 4.57 Å². The summed E-state index contributed by atoms with van der Waals surface area (Å²) < 4.78 is 14.9. The largest absolute Gasteiger partial charge is 0.325 e. The molecule has 1 fully saturated rings. The Balaban J connectivity index is 2.07. The zero-order valence-corrected chi connectivity index (χ0v) is 7.97. The highest BCUT2D eigenvalue weighted by molar-refractivity contribution is 5.48. The molecule has 0 aliphatic heterocycles. The van der Waals surface area contributed by atoms with Gasteiger partial charge in [0.2, 0.25) is 5.95 Å². The van der Waals surface area contributed by atoms with Gasteiger partial charge in [-0.2, -0.15) is 9.37 Å². The minimum absolute atomic E-state index is 0.402. The molecule has 0 spiro atoms. The van der Waals surface area contributed by atoms with Crippen molar-refractivity contribution in [3.05, 3.63) is 30.7 Å². The Labute approximate surface area is 85.8 Å². The van der Waals surface area contributed by atoms with Crippen LogP contribution in [0.3, 0.4) is 0 Å². The predicted octanol–water partition coefficient (Wildman–Crippen LogP) is 1.81. The molecule has 0 aromatic carbocycles. The summed E-state index contributed by atoms with van der Waals surface area (Å²) in [5, 5.41) is 0. The van der Waals surface area contributed by atoms with Crippen LogP contribution >= 0.6 is 0 Å². The van der Waals surface area contributed by atoms with Crippen LogP contribution in [-0.4, -0.2) is 19.5 Å². The second-order valence-corrected chi connectivity index (χ2v) is 3.62. The van der Waals surface area contributed by atoms with E-state index in [1.165, 1.54) is 12.3 Å². The Morgan fingerprint density at radius 2 is 2.27 bits per heavy atom. The van der Waals surface area contributed by atoms with Crippen molar-refractivity contribution < 1.29 is 4.39 Å². The molecule has 3 rings (SSSR count). The van der Waals surface area contributed by atoms with E-state index in [-0.39, 0.29) is 0 Å². The fourth-order valence-electron chi connectivity index (χ4n) is 1.58. The van der Waals surface area contributed by atoms with Crippen LogP contribution in [0.4, 0.5) is 4.39 Å². The predicted molar refractivity (Wildman–Crippen MR) is 51.5 cm³/mol. The van der Waals surface area contributed by atoms with E-state index >= 15 is 0 Å². The lowest BCUT2D eigenvalue weighted by Gasteiger charge is -2.04. The summed E-state index contributed by atoms with van der Waals surface area (Å²) >= 11 is 0. The van der Waals surface area contributed by atoms with Crippen LogP contribution in [0.2, 0.25) is 0 Å². The van der Waals surface area contributed by atoms with Gasteiger partial charge in [-0.3, -0.25) is 0 Å². The van der Waals surface area contributed by atoms with Crippen molar-refractivity contribution in [1.29, 1.82) is 0 Å². The van der Waals surface area contributed by atoms with Crippen LogP contribution in [0.15, 0.2) is 24.8 Å². The summed E-state index contributed by atoms with van der Waals surface area (Å²) in [5.41, 5.74) is 0.789. The third-order valence-corrected chi connectivity index (χ3v) is 2.46. The van der Waals surface area contributed by atoms with Crippen LogP contribution in [0.25, 0.3) is 11.5 Å². The van der Waals surface area contributed by atoms with Gasteiger partial charge in [-0.05, 0) is 12.8 Å². The van der Waals surface area contributed by atoms with Gasteiger partial charge in [0, 0.05) is 18.3 Å². The number of halogens is 1. The first-order valence-electron chi connectivity index (χ1n) is 4.85. The van der Waals surface area contributed by atoms with Gasteiger partial charge in [0.15, 0.2) is 5.82 Å². The number of hydrogen-bond acceptors (Lipinski definition) is 3. The average Bonchev–Trinajstić information content (AvgIpc) is 2.96. The van der Waals surface area contributed by atoms with Gasteiger partial charge in [0.05, 0.1) is 12.5 Å². The number of aromatic nitrogens is 4. The molecular formula is C10H9FN4. The van der Waals surface area contributed by atoms with Gasteiger partial charge in [0.25, 0.3) is 0 Å². The zero-order chi connectivity index (χ0) is 10.3. The Hall–Kier alpha value is -1.78. The smallest absolute Gasteiger partial charge is 0.216 e. The molecule has 0 radical (unpaired) electrons. The van der Waals surface area contributed by atoms with Gasteiger partial charge in [-0.1, -0.05) is 0 Å². The van der Waals surface area contributed by atoms with E-state index in [0.717, 1.165) is 18.5 Å². The van der Waals surface area contributed by atoms with Gasteiger partial charge in [-0.15, -0.1) is 0 Å². The highest BCUT2D eigenvalue weighted by Gasteiger charge is 2.26. The van der Waals surface area contributed by atoms with Crippen LogP contribution in [0.1, 0.15) is 18.9 Å². The van der Waals surface area contributed by atoms with Gasteiger partial charge in [-0.25, -0.2) is 9.97 Å². The summed E-state index contributed by atoms with van der Waals surface area (Å²) in [7, 11) is 0. The Bertz CT molecular complexity index is 490. The third kappa shape index (κ3) is 1.49. The normalized spacial score (nSPS) is 15.5. The van der Waals surface area contributed by atoms with Crippen LogP contribution in [-0.2, 0) is 0 Å². The number of hydrogen-bond donors (Lipinski definition) is 0. The Kier molecular flexibility index (Phi) is 1.77. The summed E-state index contributed by atoms with van der Waals surface area (Å²) in [6.45, 7) is 0.